The maximum Gasteiger partial charge on any atom is 0.147 e. The summed E-state index contributed by atoms with van der Waals surface area (Å²) in [5.74, 6) is -0.920. The molecular weight excluding hydrogens is 335 g/mol. The number of anilines is 1. The van der Waals surface area contributed by atoms with Crippen LogP contribution < -0.4 is 10.4 Å². The highest BCUT2D eigenvalue weighted by Gasteiger charge is 2.26. The van der Waals surface area contributed by atoms with E-state index in [0.717, 1.165) is 0 Å². The molecule has 4 nitrogen and oxygen atoms in total. The van der Waals surface area contributed by atoms with Crippen LogP contribution in [0.1, 0.15) is 17.2 Å². The largest absolute Gasteiger partial charge is 0.394 e. The molecule has 0 bridgehead atoms. The van der Waals surface area contributed by atoms with E-state index in [-0.39, 0.29) is 23.7 Å². The highest BCUT2D eigenvalue weighted by atomic mass is 19.1. The zero-order valence-corrected chi connectivity index (χ0v) is 14.2. The van der Waals surface area contributed by atoms with Crippen molar-refractivity contribution in [3.05, 3.63) is 59.2 Å². The Morgan fingerprint density at radius 1 is 1.08 bits per heavy atom. The van der Waals surface area contributed by atoms with Gasteiger partial charge >= 0.3 is 0 Å². The lowest BCUT2D eigenvalue weighted by Gasteiger charge is -2.40. The zero-order chi connectivity index (χ0) is 18.7. The van der Waals surface area contributed by atoms with Crippen molar-refractivity contribution in [1.82, 2.24) is 4.90 Å². The molecule has 0 saturated carbocycles. The predicted molar refractivity (Wildman–Crippen MR) is 96.5 cm³/mol. The van der Waals surface area contributed by atoms with Gasteiger partial charge < -0.3 is 10.0 Å². The number of benzene rings is 2. The van der Waals surface area contributed by atoms with Crippen LogP contribution >= 0.6 is 0 Å². The first-order valence-corrected chi connectivity index (χ1v) is 8.38. The Morgan fingerprint density at radius 3 is 2.38 bits per heavy atom. The van der Waals surface area contributed by atoms with Crippen molar-refractivity contribution >= 4 is 19.0 Å². The summed E-state index contributed by atoms with van der Waals surface area (Å²) in [4.78, 5) is 3.95. The molecule has 0 amide bonds. The summed E-state index contributed by atoms with van der Waals surface area (Å²) in [6.07, 6.45) is 0. The average Bonchev–Trinajstić information content (AvgIpc) is 2.66. The highest BCUT2D eigenvalue weighted by Crippen LogP contribution is 2.26. The Hall–Kier alpha value is -2.43. The number of hydrogen-bond acceptors (Lipinski definition) is 4. The predicted octanol–water partition coefficient (Wildman–Crippen LogP) is 1.49. The average molecular weight is 353 g/mol. The number of aliphatic hydroxyl groups excluding tert-OH is 1. The van der Waals surface area contributed by atoms with E-state index in [1.807, 2.05) is 15.9 Å². The molecule has 7 heteroatoms. The van der Waals surface area contributed by atoms with Gasteiger partial charge in [-0.15, -0.1) is 0 Å². The second-order valence-corrected chi connectivity index (χ2v) is 6.28. The van der Waals surface area contributed by atoms with Crippen LogP contribution in [0.15, 0.2) is 36.4 Å². The fourth-order valence-corrected chi connectivity index (χ4v) is 3.29. The molecule has 0 aliphatic carbocycles. The maximum atomic E-state index is 14.2. The Morgan fingerprint density at radius 2 is 1.81 bits per heavy atom. The van der Waals surface area contributed by atoms with Crippen molar-refractivity contribution in [1.29, 1.82) is 5.26 Å². The molecule has 26 heavy (non-hydrogen) atoms. The molecule has 1 aliphatic heterocycles. The molecule has 1 heterocycles. The van der Waals surface area contributed by atoms with Crippen molar-refractivity contribution in [3.63, 3.8) is 0 Å². The lowest BCUT2D eigenvalue weighted by Crippen LogP contribution is -2.48. The minimum absolute atomic E-state index is 0.0755. The van der Waals surface area contributed by atoms with Crippen LogP contribution in [0.5, 0.6) is 0 Å². The summed E-state index contributed by atoms with van der Waals surface area (Å²) < 4.78 is 27.9. The van der Waals surface area contributed by atoms with Gasteiger partial charge in [0.05, 0.1) is 30.0 Å². The molecular formula is C19H18BF2N3O. The van der Waals surface area contributed by atoms with E-state index < -0.39 is 11.6 Å². The summed E-state index contributed by atoms with van der Waals surface area (Å²) in [7, 11) is 5.51. The van der Waals surface area contributed by atoms with E-state index in [0.29, 0.717) is 37.4 Å². The third-order valence-corrected chi connectivity index (χ3v) is 4.75. The summed E-state index contributed by atoms with van der Waals surface area (Å²) in [6.45, 7) is 2.18. The standard InChI is InChI=1S/C19H18BF2N3O/c20-15-3-2-14(10-16(15)21)19(12-26)25-7-5-24(6-8-25)18-4-1-13(11-23)9-17(18)22/h1-4,9-10,19,26H,5-8,12H2. The monoisotopic (exact) mass is 353 g/mol. The summed E-state index contributed by atoms with van der Waals surface area (Å²) in [6, 6.07) is 10.6. The van der Waals surface area contributed by atoms with E-state index >= 15 is 0 Å². The maximum absolute atomic E-state index is 14.2. The van der Waals surface area contributed by atoms with Crippen LogP contribution in [0, 0.1) is 23.0 Å². The van der Waals surface area contributed by atoms with Gasteiger partial charge in [0.1, 0.15) is 19.5 Å². The van der Waals surface area contributed by atoms with Crippen LogP contribution in [0.2, 0.25) is 0 Å². The smallest absolute Gasteiger partial charge is 0.147 e. The fraction of sp³-hybridized carbons (Fsp3) is 0.316. The van der Waals surface area contributed by atoms with Gasteiger partial charge in [0.2, 0.25) is 0 Å². The van der Waals surface area contributed by atoms with Gasteiger partial charge in [-0.3, -0.25) is 4.90 Å². The number of nitriles is 1. The lowest BCUT2D eigenvalue weighted by atomic mass is 9.92. The van der Waals surface area contributed by atoms with E-state index in [4.69, 9.17) is 13.1 Å². The fourth-order valence-electron chi connectivity index (χ4n) is 3.29. The SMILES string of the molecule is [B]c1ccc(C(CO)N2CCN(c3ccc(C#N)cc3F)CC2)cc1F. The third kappa shape index (κ3) is 3.72. The van der Waals surface area contributed by atoms with E-state index in [9.17, 15) is 13.9 Å². The third-order valence-electron chi connectivity index (χ3n) is 4.75. The first-order valence-electron chi connectivity index (χ1n) is 8.38. The van der Waals surface area contributed by atoms with Gasteiger partial charge in [0.25, 0.3) is 0 Å². The van der Waals surface area contributed by atoms with Gasteiger partial charge in [0, 0.05) is 26.2 Å². The number of piperazine rings is 1. The first-order chi connectivity index (χ1) is 12.5. The molecule has 1 fully saturated rings. The second kappa shape index (κ2) is 7.86. The van der Waals surface area contributed by atoms with Gasteiger partial charge in [-0.05, 0) is 29.8 Å². The van der Waals surface area contributed by atoms with Crippen molar-refractivity contribution in [3.8, 4) is 6.07 Å². The van der Waals surface area contributed by atoms with Crippen LogP contribution in [0.25, 0.3) is 0 Å². The molecule has 1 aliphatic rings. The van der Waals surface area contributed by atoms with Gasteiger partial charge in [0.15, 0.2) is 0 Å². The van der Waals surface area contributed by atoms with E-state index in [1.54, 1.807) is 18.2 Å². The quantitative estimate of drug-likeness (QED) is 0.847. The summed E-state index contributed by atoms with van der Waals surface area (Å²) >= 11 is 0. The van der Waals surface area contributed by atoms with E-state index in [2.05, 4.69) is 0 Å². The number of hydrogen-bond donors (Lipinski definition) is 1. The van der Waals surface area contributed by atoms with Crippen molar-refractivity contribution in [2.24, 2.45) is 0 Å². The molecule has 3 rings (SSSR count). The minimum atomic E-state index is -0.501. The van der Waals surface area contributed by atoms with Crippen molar-refractivity contribution in [2.45, 2.75) is 6.04 Å². The Labute approximate surface area is 152 Å². The topological polar surface area (TPSA) is 50.5 Å². The molecule has 0 spiro atoms. The molecule has 2 aromatic carbocycles. The molecule has 2 aromatic rings. The Bertz CT molecular complexity index is 832. The summed E-state index contributed by atoms with van der Waals surface area (Å²) in [5.41, 5.74) is 1.49. The van der Waals surface area contributed by atoms with Crippen molar-refractivity contribution in [2.75, 3.05) is 37.7 Å². The molecule has 1 N–H and O–H groups in total. The van der Waals surface area contributed by atoms with Crippen LogP contribution in [-0.4, -0.2) is 50.6 Å². The Kier molecular flexibility index (Phi) is 5.55. The van der Waals surface area contributed by atoms with Crippen molar-refractivity contribution < 1.29 is 13.9 Å². The highest BCUT2D eigenvalue weighted by molar-refractivity contribution is 6.32. The van der Waals surface area contributed by atoms with Crippen LogP contribution in [0.4, 0.5) is 14.5 Å². The normalized spacial score (nSPS) is 16.3. The first kappa shape index (κ1) is 18.4. The molecule has 2 radical (unpaired) electrons. The molecule has 1 saturated heterocycles. The van der Waals surface area contributed by atoms with Gasteiger partial charge in [-0.1, -0.05) is 17.6 Å². The number of rotatable bonds is 4. The number of aliphatic hydroxyl groups is 1. The van der Waals surface area contributed by atoms with Gasteiger partial charge in [-0.25, -0.2) is 8.78 Å². The summed E-state index contributed by atoms with van der Waals surface area (Å²) in [5, 5.41) is 18.6. The Balaban J connectivity index is 1.70. The number of halogens is 2. The molecule has 132 valence electrons. The van der Waals surface area contributed by atoms with Crippen LogP contribution in [-0.2, 0) is 0 Å². The second-order valence-electron chi connectivity index (χ2n) is 6.28. The lowest BCUT2D eigenvalue weighted by molar-refractivity contribution is 0.117. The zero-order valence-electron chi connectivity index (χ0n) is 14.2. The molecule has 1 unspecified atom stereocenters. The van der Waals surface area contributed by atoms with Crippen LogP contribution in [0.3, 0.4) is 0 Å². The minimum Gasteiger partial charge on any atom is -0.394 e. The van der Waals surface area contributed by atoms with E-state index in [1.165, 1.54) is 18.2 Å². The van der Waals surface area contributed by atoms with Gasteiger partial charge in [-0.2, -0.15) is 5.26 Å². The molecule has 0 aromatic heterocycles. The number of nitrogens with zero attached hydrogens (tertiary/aromatic N) is 3. The molecule has 1 atom stereocenters.